The standard InChI is InChI=1S/C28H36O12/c1-12(29)37-17-8-15(24(2,3)35)27(16(31)9-18(32)38-23(27)34)19-14(30)10-25(4)20(13-6-7-36-11-13)39-22(33)21-28(25,40-21)26(17,19)5/h6-7,11,14-17,19-21,23,30-31,34-35H,8-10H2,1-5H3/t14?,15-,16-,17-,19-,20-,21+,23?,25-,26+,27+,28+/m0/s1. The van der Waals surface area contributed by atoms with Crippen molar-refractivity contribution in [1.82, 2.24) is 0 Å². The normalized spacial score (nSPS) is 49.7. The van der Waals surface area contributed by atoms with Crippen molar-refractivity contribution in [2.75, 3.05) is 0 Å². The van der Waals surface area contributed by atoms with Crippen molar-refractivity contribution in [3.8, 4) is 0 Å². The van der Waals surface area contributed by atoms with Crippen LogP contribution in [0.25, 0.3) is 0 Å². The van der Waals surface area contributed by atoms with Crippen LogP contribution in [0.3, 0.4) is 0 Å². The third-order valence-electron chi connectivity index (χ3n) is 10.8. The van der Waals surface area contributed by atoms with Gasteiger partial charge in [-0.25, -0.2) is 4.79 Å². The molecule has 4 N–H and O–H groups in total. The number of aliphatic hydroxyl groups excluding tert-OH is 3. The number of fused-ring (bicyclic) bond motifs is 2. The number of carbonyl (C=O) groups is 3. The fourth-order valence-electron chi connectivity index (χ4n) is 9.61. The van der Waals surface area contributed by atoms with Gasteiger partial charge in [-0.2, -0.15) is 0 Å². The first-order valence-corrected chi connectivity index (χ1v) is 13.6. The molecule has 3 aliphatic heterocycles. The Morgan fingerprint density at radius 3 is 2.40 bits per heavy atom. The highest BCUT2D eigenvalue weighted by Crippen LogP contribution is 2.80. The second-order valence-electron chi connectivity index (χ2n) is 13.2. The Morgan fingerprint density at radius 2 is 1.82 bits per heavy atom. The first-order chi connectivity index (χ1) is 18.6. The lowest BCUT2D eigenvalue weighted by Gasteiger charge is -2.71. The van der Waals surface area contributed by atoms with Gasteiger partial charge in [0.05, 0.1) is 42.2 Å². The third kappa shape index (κ3) is 3.11. The lowest BCUT2D eigenvalue weighted by atomic mass is 9.35. The molecule has 5 aliphatic rings. The summed E-state index contributed by atoms with van der Waals surface area (Å²) >= 11 is 0. The van der Waals surface area contributed by atoms with Crippen LogP contribution in [-0.4, -0.2) is 80.2 Å². The summed E-state index contributed by atoms with van der Waals surface area (Å²) in [6.45, 7) is 7.76. The zero-order valence-corrected chi connectivity index (χ0v) is 23.0. The zero-order valence-electron chi connectivity index (χ0n) is 23.0. The molecule has 5 fully saturated rings. The summed E-state index contributed by atoms with van der Waals surface area (Å²) in [7, 11) is 0. The summed E-state index contributed by atoms with van der Waals surface area (Å²) in [5.41, 5.74) is -6.77. The van der Waals surface area contributed by atoms with Gasteiger partial charge in [0, 0.05) is 35.2 Å². The van der Waals surface area contributed by atoms with E-state index >= 15 is 0 Å². The van der Waals surface area contributed by atoms with E-state index in [4.69, 9.17) is 23.4 Å². The van der Waals surface area contributed by atoms with Gasteiger partial charge >= 0.3 is 17.9 Å². The molecule has 1 aromatic rings. The SMILES string of the molecule is CC(=O)O[C@H]1C[C@@H](C(C)(C)O)[C@]2(C(O)OC(=O)C[C@@H]2O)[C@H]2C(O)C[C@@]3(C)[C@H](c4ccoc4)OC(=O)[C@H]4O[C@]43[C@]12C. The number of furan rings is 1. The maximum Gasteiger partial charge on any atom is 0.339 e. The van der Waals surface area contributed by atoms with Crippen molar-refractivity contribution >= 4 is 17.9 Å². The molecule has 40 heavy (non-hydrogen) atoms. The van der Waals surface area contributed by atoms with E-state index in [1.807, 2.05) is 6.92 Å². The molecule has 0 radical (unpaired) electrons. The topological polar surface area (TPSA) is 185 Å². The second-order valence-corrected chi connectivity index (χ2v) is 13.2. The van der Waals surface area contributed by atoms with Crippen LogP contribution in [0.15, 0.2) is 23.0 Å². The van der Waals surface area contributed by atoms with Crippen molar-refractivity contribution in [1.29, 1.82) is 0 Å². The molecule has 0 bridgehead atoms. The Hall–Kier alpha value is -2.51. The highest BCUT2D eigenvalue weighted by atomic mass is 16.7. The molecule has 220 valence electrons. The molecule has 6 rings (SSSR count). The Kier molecular flexibility index (Phi) is 5.73. The number of esters is 3. The van der Waals surface area contributed by atoms with Crippen LogP contribution in [0, 0.1) is 28.1 Å². The predicted molar refractivity (Wildman–Crippen MR) is 131 cm³/mol. The van der Waals surface area contributed by atoms with Crippen LogP contribution in [-0.2, 0) is 33.3 Å². The number of carbonyl (C=O) groups excluding carboxylic acids is 3. The fourth-order valence-corrected chi connectivity index (χ4v) is 9.61. The highest BCUT2D eigenvalue weighted by Gasteiger charge is 2.91. The van der Waals surface area contributed by atoms with Crippen molar-refractivity contribution in [3.05, 3.63) is 24.2 Å². The van der Waals surface area contributed by atoms with Crippen LogP contribution < -0.4 is 0 Å². The molecule has 12 heteroatoms. The van der Waals surface area contributed by atoms with Gasteiger partial charge in [-0.15, -0.1) is 0 Å². The van der Waals surface area contributed by atoms with Gasteiger partial charge in [0.15, 0.2) is 6.10 Å². The molecule has 2 spiro atoms. The highest BCUT2D eigenvalue weighted by molar-refractivity contribution is 5.82. The number of ether oxygens (including phenoxy) is 4. The molecular weight excluding hydrogens is 528 g/mol. The van der Waals surface area contributed by atoms with E-state index < -0.39 is 100 Å². The van der Waals surface area contributed by atoms with E-state index in [1.54, 1.807) is 13.0 Å². The quantitative estimate of drug-likeness (QED) is 0.230. The first kappa shape index (κ1) is 27.6. The minimum Gasteiger partial charge on any atom is -0.472 e. The Morgan fingerprint density at radius 1 is 1.12 bits per heavy atom. The zero-order chi connectivity index (χ0) is 29.2. The summed E-state index contributed by atoms with van der Waals surface area (Å²) < 4.78 is 28.7. The molecule has 3 saturated heterocycles. The number of hydrogen-bond acceptors (Lipinski definition) is 12. The second kappa shape index (κ2) is 8.28. The van der Waals surface area contributed by atoms with Crippen LogP contribution in [0.1, 0.15) is 65.5 Å². The third-order valence-corrected chi connectivity index (χ3v) is 10.8. The van der Waals surface area contributed by atoms with Crippen LogP contribution in [0.2, 0.25) is 0 Å². The lowest BCUT2D eigenvalue weighted by molar-refractivity contribution is -0.359. The average molecular weight is 565 g/mol. The Bertz CT molecular complexity index is 1220. The van der Waals surface area contributed by atoms with E-state index in [9.17, 15) is 34.8 Å². The molecule has 12 atom stereocenters. The molecule has 12 nitrogen and oxygen atoms in total. The molecule has 2 aliphatic carbocycles. The van der Waals surface area contributed by atoms with Crippen LogP contribution in [0.5, 0.6) is 0 Å². The molecule has 1 aromatic heterocycles. The maximum absolute atomic E-state index is 13.4. The molecule has 0 amide bonds. The summed E-state index contributed by atoms with van der Waals surface area (Å²) in [5.74, 6) is -4.29. The monoisotopic (exact) mass is 564 g/mol. The number of epoxide rings is 1. The predicted octanol–water partition coefficient (Wildman–Crippen LogP) is 0.744. The van der Waals surface area contributed by atoms with Crippen molar-refractivity contribution in [2.24, 2.45) is 28.1 Å². The Labute approximate surface area is 230 Å². The molecule has 2 saturated carbocycles. The number of aliphatic hydroxyl groups is 4. The number of rotatable bonds is 3. The van der Waals surface area contributed by atoms with Crippen LogP contribution in [0.4, 0.5) is 0 Å². The van der Waals surface area contributed by atoms with E-state index in [0.717, 1.165) is 0 Å². The first-order valence-electron chi connectivity index (χ1n) is 13.6. The Balaban J connectivity index is 1.63. The fraction of sp³-hybridized carbons (Fsp3) is 0.750. The van der Waals surface area contributed by atoms with E-state index in [2.05, 4.69) is 0 Å². The largest absolute Gasteiger partial charge is 0.472 e. The van der Waals surface area contributed by atoms with Crippen molar-refractivity contribution in [2.45, 2.75) is 102 Å². The van der Waals surface area contributed by atoms with Gasteiger partial charge in [0.2, 0.25) is 6.29 Å². The molecule has 0 aromatic carbocycles. The summed E-state index contributed by atoms with van der Waals surface area (Å²) in [6, 6.07) is 1.66. The smallest absolute Gasteiger partial charge is 0.339 e. The number of hydrogen-bond donors (Lipinski definition) is 4. The molecular formula is C28H36O12. The van der Waals surface area contributed by atoms with Gasteiger partial charge in [0.1, 0.15) is 17.8 Å². The molecule has 2 unspecified atom stereocenters. The minimum absolute atomic E-state index is 0.0204. The van der Waals surface area contributed by atoms with Crippen LogP contribution >= 0.6 is 0 Å². The van der Waals surface area contributed by atoms with Gasteiger partial charge in [-0.3, -0.25) is 9.59 Å². The summed E-state index contributed by atoms with van der Waals surface area (Å²) in [4.78, 5) is 38.2. The molecule has 4 heterocycles. The van der Waals surface area contributed by atoms with E-state index in [0.29, 0.717) is 5.56 Å². The van der Waals surface area contributed by atoms with Gasteiger partial charge < -0.3 is 43.8 Å². The van der Waals surface area contributed by atoms with Crippen molar-refractivity contribution in [3.63, 3.8) is 0 Å². The lowest BCUT2D eigenvalue weighted by Crippen LogP contribution is -2.80. The number of cyclic esters (lactones) is 2. The summed E-state index contributed by atoms with van der Waals surface area (Å²) in [5, 5.41) is 46.8. The maximum atomic E-state index is 13.4. The van der Waals surface area contributed by atoms with E-state index in [-0.39, 0.29) is 12.8 Å². The minimum atomic E-state index is -1.92. The van der Waals surface area contributed by atoms with Crippen molar-refractivity contribution < 1.29 is 58.2 Å². The van der Waals surface area contributed by atoms with Gasteiger partial charge in [-0.05, 0) is 32.8 Å². The van der Waals surface area contributed by atoms with Gasteiger partial charge in [-0.1, -0.05) is 13.8 Å². The van der Waals surface area contributed by atoms with E-state index in [1.165, 1.54) is 33.3 Å². The average Bonchev–Trinajstić information content (AvgIpc) is 3.40. The van der Waals surface area contributed by atoms with Gasteiger partial charge in [0.25, 0.3) is 0 Å². The summed E-state index contributed by atoms with van der Waals surface area (Å²) in [6.07, 6.45) is -5.52.